The van der Waals surface area contributed by atoms with Crippen molar-refractivity contribution in [1.29, 1.82) is 0 Å². The minimum atomic E-state index is -1.23. The maximum Gasteiger partial charge on any atom is 0.340 e. The van der Waals surface area contributed by atoms with E-state index in [0.717, 1.165) is 12.5 Å². The van der Waals surface area contributed by atoms with Crippen LogP contribution in [0, 0.1) is 5.82 Å². The monoisotopic (exact) mass is 225 g/mol. The molecule has 0 heterocycles. The highest BCUT2D eigenvalue weighted by atomic mass is 19.1. The Balaban J connectivity index is 3.22. The molecule has 0 amide bonds. The molecule has 16 heavy (non-hydrogen) atoms. The Morgan fingerprint density at radius 1 is 1.56 bits per heavy atom. The first-order valence-corrected chi connectivity index (χ1v) is 5.23. The minimum Gasteiger partial charge on any atom is -0.478 e. The Morgan fingerprint density at radius 2 is 2.19 bits per heavy atom. The molecule has 0 radical (unpaired) electrons. The minimum absolute atomic E-state index is 0.167. The van der Waals surface area contributed by atoms with Gasteiger partial charge in [0.1, 0.15) is 11.4 Å². The molecule has 0 aromatic heterocycles. The van der Waals surface area contributed by atoms with Gasteiger partial charge in [-0.15, -0.1) is 0 Å². The number of halogens is 1. The summed E-state index contributed by atoms with van der Waals surface area (Å²) in [6.07, 6.45) is 0.867. The lowest BCUT2D eigenvalue weighted by atomic mass is 10.1. The van der Waals surface area contributed by atoms with Crippen LogP contribution in [-0.4, -0.2) is 24.2 Å². The second kappa shape index (κ2) is 4.96. The first-order valence-electron chi connectivity index (χ1n) is 5.23. The first-order chi connectivity index (χ1) is 7.49. The second-order valence-corrected chi connectivity index (χ2v) is 3.81. The maximum atomic E-state index is 13.4. The van der Waals surface area contributed by atoms with E-state index in [1.807, 2.05) is 13.8 Å². The molecular weight excluding hydrogens is 209 g/mol. The van der Waals surface area contributed by atoms with Gasteiger partial charge in [-0.25, -0.2) is 9.18 Å². The fraction of sp³-hybridized carbons (Fsp3) is 0.417. The molecule has 1 aromatic rings. The lowest BCUT2D eigenvalue weighted by molar-refractivity contribution is 0.0692. The lowest BCUT2D eigenvalue weighted by Gasteiger charge is -2.27. The Bertz CT molecular complexity index is 393. The first kappa shape index (κ1) is 12.5. The van der Waals surface area contributed by atoms with Gasteiger partial charge in [0.2, 0.25) is 0 Å². The van der Waals surface area contributed by atoms with Crippen molar-refractivity contribution < 1.29 is 14.3 Å². The van der Waals surface area contributed by atoms with Gasteiger partial charge in [0, 0.05) is 13.1 Å². The zero-order chi connectivity index (χ0) is 12.3. The molecule has 0 aliphatic rings. The zero-order valence-electron chi connectivity index (χ0n) is 9.70. The molecule has 0 aliphatic carbocycles. The number of hydrogen-bond acceptors (Lipinski definition) is 2. The van der Waals surface area contributed by atoms with Crippen LogP contribution in [-0.2, 0) is 0 Å². The number of aromatic carboxylic acids is 1. The van der Waals surface area contributed by atoms with Crippen LogP contribution >= 0.6 is 0 Å². The Morgan fingerprint density at radius 3 is 2.69 bits per heavy atom. The highest BCUT2D eigenvalue weighted by Crippen LogP contribution is 2.24. The molecule has 1 N–H and O–H groups in total. The Labute approximate surface area is 94.5 Å². The number of hydrogen-bond donors (Lipinski definition) is 1. The van der Waals surface area contributed by atoms with Crippen molar-refractivity contribution >= 4 is 11.7 Å². The van der Waals surface area contributed by atoms with Gasteiger partial charge in [0.15, 0.2) is 0 Å². The normalized spacial score (nSPS) is 12.2. The van der Waals surface area contributed by atoms with E-state index in [-0.39, 0.29) is 11.6 Å². The van der Waals surface area contributed by atoms with Crippen molar-refractivity contribution in [3.63, 3.8) is 0 Å². The zero-order valence-corrected chi connectivity index (χ0v) is 9.70. The molecule has 0 saturated heterocycles. The molecule has 0 spiro atoms. The lowest BCUT2D eigenvalue weighted by Crippen LogP contribution is -2.29. The fourth-order valence-corrected chi connectivity index (χ4v) is 1.53. The number of anilines is 1. The summed E-state index contributed by atoms with van der Waals surface area (Å²) in [4.78, 5) is 12.8. The summed E-state index contributed by atoms with van der Waals surface area (Å²) in [5, 5.41) is 8.98. The Hall–Kier alpha value is -1.58. The molecule has 3 nitrogen and oxygen atoms in total. The molecule has 4 heteroatoms. The molecule has 0 fully saturated rings. The maximum absolute atomic E-state index is 13.4. The third kappa shape index (κ3) is 2.32. The van der Waals surface area contributed by atoms with Gasteiger partial charge in [0.25, 0.3) is 0 Å². The number of rotatable bonds is 4. The summed E-state index contributed by atoms with van der Waals surface area (Å²) in [5.41, 5.74) is 0.159. The molecule has 0 saturated carbocycles. The van der Waals surface area contributed by atoms with Gasteiger partial charge >= 0.3 is 5.97 Å². The van der Waals surface area contributed by atoms with Crippen LogP contribution < -0.4 is 4.90 Å². The molecule has 1 rings (SSSR count). The van der Waals surface area contributed by atoms with Crippen LogP contribution in [0.2, 0.25) is 0 Å². The van der Waals surface area contributed by atoms with Gasteiger partial charge in [-0.1, -0.05) is 13.0 Å². The van der Waals surface area contributed by atoms with Gasteiger partial charge in [-0.2, -0.15) is 0 Å². The van der Waals surface area contributed by atoms with Crippen molar-refractivity contribution in [2.75, 3.05) is 11.9 Å². The summed E-state index contributed by atoms with van der Waals surface area (Å²) < 4.78 is 13.4. The van der Waals surface area contributed by atoms with Crippen molar-refractivity contribution in [2.24, 2.45) is 0 Å². The molecule has 0 bridgehead atoms. The summed E-state index contributed by atoms with van der Waals surface area (Å²) in [6.45, 7) is 3.97. The highest BCUT2D eigenvalue weighted by molar-refractivity contribution is 5.94. The van der Waals surface area contributed by atoms with E-state index in [9.17, 15) is 9.18 Å². The topological polar surface area (TPSA) is 40.5 Å². The van der Waals surface area contributed by atoms with Crippen LogP contribution in [0.4, 0.5) is 10.1 Å². The molecule has 1 aromatic carbocycles. The third-order valence-electron chi connectivity index (χ3n) is 2.84. The molecule has 0 aliphatic heterocycles. The van der Waals surface area contributed by atoms with Crippen molar-refractivity contribution in [3.8, 4) is 0 Å². The van der Waals surface area contributed by atoms with Crippen LogP contribution in [0.25, 0.3) is 0 Å². The van der Waals surface area contributed by atoms with Crippen LogP contribution in [0.1, 0.15) is 30.6 Å². The van der Waals surface area contributed by atoms with Gasteiger partial charge < -0.3 is 10.0 Å². The average molecular weight is 225 g/mol. The number of benzene rings is 1. The third-order valence-corrected chi connectivity index (χ3v) is 2.84. The molecule has 88 valence electrons. The molecule has 1 unspecified atom stereocenters. The van der Waals surface area contributed by atoms with E-state index >= 15 is 0 Å². The fourth-order valence-electron chi connectivity index (χ4n) is 1.53. The van der Waals surface area contributed by atoms with Crippen LogP contribution in [0.15, 0.2) is 18.2 Å². The predicted octanol–water partition coefficient (Wildman–Crippen LogP) is 2.76. The van der Waals surface area contributed by atoms with Gasteiger partial charge in [0.05, 0.1) is 5.69 Å². The quantitative estimate of drug-likeness (QED) is 0.856. The second-order valence-electron chi connectivity index (χ2n) is 3.81. The SMILES string of the molecule is CCC(C)N(C)c1cccc(F)c1C(=O)O. The number of nitrogens with zero attached hydrogens (tertiary/aromatic N) is 1. The van der Waals surface area contributed by atoms with Gasteiger partial charge in [-0.3, -0.25) is 0 Å². The van der Waals surface area contributed by atoms with E-state index in [2.05, 4.69) is 0 Å². The highest BCUT2D eigenvalue weighted by Gasteiger charge is 2.20. The summed E-state index contributed by atoms with van der Waals surface area (Å²) >= 11 is 0. The summed E-state index contributed by atoms with van der Waals surface area (Å²) in [7, 11) is 1.77. The van der Waals surface area contributed by atoms with E-state index < -0.39 is 11.8 Å². The van der Waals surface area contributed by atoms with Gasteiger partial charge in [-0.05, 0) is 25.5 Å². The van der Waals surface area contributed by atoms with Crippen LogP contribution in [0.3, 0.4) is 0 Å². The van der Waals surface area contributed by atoms with E-state index in [4.69, 9.17) is 5.11 Å². The number of carboxylic acids is 1. The largest absolute Gasteiger partial charge is 0.478 e. The molecular formula is C12H16FNO2. The van der Waals surface area contributed by atoms with Crippen LogP contribution in [0.5, 0.6) is 0 Å². The number of carbonyl (C=O) groups is 1. The number of carboxylic acid groups (broad SMARTS) is 1. The standard InChI is InChI=1S/C12H16FNO2/c1-4-8(2)14(3)10-7-5-6-9(13)11(10)12(15)16/h5-8H,4H2,1-3H3,(H,15,16). The average Bonchev–Trinajstić information content (AvgIpc) is 2.26. The van der Waals surface area contributed by atoms with Crippen molar-refractivity contribution in [2.45, 2.75) is 26.3 Å². The predicted molar refractivity (Wildman–Crippen MR) is 61.5 cm³/mol. The smallest absolute Gasteiger partial charge is 0.340 e. The van der Waals surface area contributed by atoms with Crippen molar-refractivity contribution in [3.05, 3.63) is 29.6 Å². The Kier molecular flexibility index (Phi) is 3.88. The van der Waals surface area contributed by atoms with E-state index in [0.29, 0.717) is 5.69 Å². The summed E-state index contributed by atoms with van der Waals surface area (Å²) in [5.74, 6) is -1.93. The summed E-state index contributed by atoms with van der Waals surface area (Å²) in [6, 6.07) is 4.48. The van der Waals surface area contributed by atoms with Crippen molar-refractivity contribution in [1.82, 2.24) is 0 Å². The van der Waals surface area contributed by atoms with E-state index in [1.54, 1.807) is 18.0 Å². The van der Waals surface area contributed by atoms with E-state index in [1.165, 1.54) is 6.07 Å². The molecule has 1 atom stereocenters.